The molecule has 1 saturated heterocycles. The highest BCUT2D eigenvalue weighted by Gasteiger charge is 2.39. The molecule has 0 spiro atoms. The number of benzene rings is 1. The minimum absolute atomic E-state index is 0.0725. The molecule has 1 aromatic carbocycles. The summed E-state index contributed by atoms with van der Waals surface area (Å²) in [6, 6.07) is 5.81. The zero-order valence-corrected chi connectivity index (χ0v) is 14.0. The standard InChI is InChI=1S/C17H24F2N2O3/c1-3-14(12-5-7-13(8-6-12)24-15(18)19)20-16(23)21-10-4-9-17(21,2)11-22/h5-8,14-15,22H,3-4,9-11H2,1-2H3,(H,20,23)/t14-,17+/m0/s1. The number of hydrogen-bond acceptors (Lipinski definition) is 3. The fourth-order valence-corrected chi connectivity index (χ4v) is 3.06. The Kier molecular flexibility index (Phi) is 5.99. The molecule has 5 nitrogen and oxygen atoms in total. The van der Waals surface area contributed by atoms with Crippen molar-refractivity contribution in [1.82, 2.24) is 10.2 Å². The summed E-state index contributed by atoms with van der Waals surface area (Å²) in [4.78, 5) is 14.2. The van der Waals surface area contributed by atoms with Crippen LogP contribution in [0, 0.1) is 0 Å². The highest BCUT2D eigenvalue weighted by atomic mass is 19.3. The maximum Gasteiger partial charge on any atom is 0.387 e. The summed E-state index contributed by atoms with van der Waals surface area (Å²) in [5.41, 5.74) is 0.287. The van der Waals surface area contributed by atoms with Crippen molar-refractivity contribution in [2.45, 2.75) is 51.3 Å². The molecule has 1 aliphatic heterocycles. The molecule has 1 heterocycles. The smallest absolute Gasteiger partial charge is 0.387 e. The molecule has 134 valence electrons. The number of amides is 2. The fraction of sp³-hybridized carbons (Fsp3) is 0.588. The Labute approximate surface area is 140 Å². The Bertz CT molecular complexity index is 553. The highest BCUT2D eigenvalue weighted by molar-refractivity contribution is 5.76. The number of halogens is 2. The Morgan fingerprint density at radius 1 is 1.42 bits per heavy atom. The number of urea groups is 1. The predicted molar refractivity (Wildman–Crippen MR) is 86.1 cm³/mol. The Morgan fingerprint density at radius 2 is 2.08 bits per heavy atom. The molecule has 24 heavy (non-hydrogen) atoms. The lowest BCUT2D eigenvalue weighted by Crippen LogP contribution is -2.52. The number of carbonyl (C=O) groups is 1. The Morgan fingerprint density at radius 3 is 2.62 bits per heavy atom. The lowest BCUT2D eigenvalue weighted by Gasteiger charge is -2.34. The van der Waals surface area contributed by atoms with Crippen molar-refractivity contribution in [3.8, 4) is 5.75 Å². The zero-order chi connectivity index (χ0) is 17.7. The van der Waals surface area contributed by atoms with E-state index in [4.69, 9.17) is 0 Å². The molecule has 2 N–H and O–H groups in total. The number of rotatable bonds is 6. The van der Waals surface area contributed by atoms with Crippen LogP contribution in [0.2, 0.25) is 0 Å². The van der Waals surface area contributed by atoms with Gasteiger partial charge in [-0.05, 0) is 43.9 Å². The van der Waals surface area contributed by atoms with Crippen LogP contribution >= 0.6 is 0 Å². The normalized spacial score (nSPS) is 21.8. The van der Waals surface area contributed by atoms with Crippen LogP contribution in [0.3, 0.4) is 0 Å². The van der Waals surface area contributed by atoms with E-state index in [-0.39, 0.29) is 24.4 Å². The molecule has 1 aliphatic rings. The van der Waals surface area contributed by atoms with Crippen molar-refractivity contribution in [2.75, 3.05) is 13.2 Å². The van der Waals surface area contributed by atoms with E-state index in [9.17, 15) is 18.7 Å². The number of aliphatic hydroxyl groups is 1. The van der Waals surface area contributed by atoms with Crippen LogP contribution in [-0.2, 0) is 0 Å². The van der Waals surface area contributed by atoms with Crippen LogP contribution in [0.5, 0.6) is 5.75 Å². The first-order valence-electron chi connectivity index (χ1n) is 8.13. The molecule has 0 bridgehead atoms. The topological polar surface area (TPSA) is 61.8 Å². The second-order valence-electron chi connectivity index (χ2n) is 6.27. The molecular formula is C17H24F2N2O3. The number of alkyl halides is 2. The number of hydrogen-bond donors (Lipinski definition) is 2. The molecule has 2 atom stereocenters. The summed E-state index contributed by atoms with van der Waals surface area (Å²) in [7, 11) is 0. The second-order valence-corrected chi connectivity index (χ2v) is 6.27. The van der Waals surface area contributed by atoms with E-state index in [0.29, 0.717) is 13.0 Å². The van der Waals surface area contributed by atoms with Crippen LogP contribution in [0.4, 0.5) is 13.6 Å². The van der Waals surface area contributed by atoms with E-state index >= 15 is 0 Å². The maximum absolute atomic E-state index is 12.6. The van der Waals surface area contributed by atoms with Crippen molar-refractivity contribution in [1.29, 1.82) is 0 Å². The van der Waals surface area contributed by atoms with Gasteiger partial charge in [-0.3, -0.25) is 0 Å². The largest absolute Gasteiger partial charge is 0.435 e. The van der Waals surface area contributed by atoms with Gasteiger partial charge in [-0.1, -0.05) is 19.1 Å². The van der Waals surface area contributed by atoms with E-state index < -0.39 is 12.2 Å². The molecule has 0 radical (unpaired) electrons. The van der Waals surface area contributed by atoms with Crippen molar-refractivity contribution in [2.24, 2.45) is 0 Å². The third-order valence-electron chi connectivity index (χ3n) is 4.55. The summed E-state index contributed by atoms with van der Waals surface area (Å²) in [6.45, 7) is 1.49. The van der Waals surface area contributed by atoms with E-state index in [0.717, 1.165) is 18.4 Å². The van der Waals surface area contributed by atoms with Gasteiger partial charge in [0.1, 0.15) is 5.75 Å². The summed E-state index contributed by atoms with van der Waals surface area (Å²) in [5, 5.41) is 12.5. The quantitative estimate of drug-likeness (QED) is 0.834. The van der Waals surface area contributed by atoms with Crippen molar-refractivity contribution >= 4 is 6.03 Å². The molecule has 2 amide bonds. The number of likely N-dealkylation sites (tertiary alicyclic amines) is 1. The molecule has 0 aromatic heterocycles. The molecule has 0 aliphatic carbocycles. The molecule has 0 saturated carbocycles. The first-order valence-corrected chi connectivity index (χ1v) is 8.13. The molecule has 1 aromatic rings. The molecular weight excluding hydrogens is 318 g/mol. The highest BCUT2D eigenvalue weighted by Crippen LogP contribution is 2.29. The lowest BCUT2D eigenvalue weighted by atomic mass is 10.0. The number of nitrogens with zero attached hydrogens (tertiary/aromatic N) is 1. The minimum Gasteiger partial charge on any atom is -0.435 e. The summed E-state index contributed by atoms with van der Waals surface area (Å²) in [5.74, 6) is 0.0855. The predicted octanol–water partition coefficient (Wildman–Crippen LogP) is 3.30. The summed E-state index contributed by atoms with van der Waals surface area (Å²) < 4.78 is 28.7. The third kappa shape index (κ3) is 4.14. The van der Waals surface area contributed by atoms with Gasteiger partial charge >= 0.3 is 12.6 Å². The third-order valence-corrected chi connectivity index (χ3v) is 4.55. The van der Waals surface area contributed by atoms with E-state index in [1.54, 1.807) is 17.0 Å². The maximum atomic E-state index is 12.6. The van der Waals surface area contributed by atoms with Gasteiger partial charge in [0.05, 0.1) is 18.2 Å². The number of nitrogens with one attached hydrogen (secondary N) is 1. The fourth-order valence-electron chi connectivity index (χ4n) is 3.06. The van der Waals surface area contributed by atoms with Gasteiger partial charge < -0.3 is 20.1 Å². The van der Waals surface area contributed by atoms with Crippen LogP contribution < -0.4 is 10.1 Å². The molecule has 7 heteroatoms. The van der Waals surface area contributed by atoms with Crippen LogP contribution in [0.25, 0.3) is 0 Å². The molecule has 0 unspecified atom stereocenters. The minimum atomic E-state index is -2.86. The number of aliphatic hydroxyl groups excluding tert-OH is 1. The van der Waals surface area contributed by atoms with Gasteiger partial charge in [-0.15, -0.1) is 0 Å². The second kappa shape index (κ2) is 7.79. The zero-order valence-electron chi connectivity index (χ0n) is 14.0. The van der Waals surface area contributed by atoms with Gasteiger partial charge in [0.15, 0.2) is 0 Å². The van der Waals surface area contributed by atoms with E-state index in [1.807, 2.05) is 13.8 Å². The van der Waals surface area contributed by atoms with Gasteiger partial charge in [-0.2, -0.15) is 8.78 Å². The van der Waals surface area contributed by atoms with Crippen LogP contribution in [0.15, 0.2) is 24.3 Å². The first kappa shape index (κ1) is 18.4. The molecule has 2 rings (SSSR count). The molecule has 1 fully saturated rings. The Hall–Kier alpha value is -1.89. The average Bonchev–Trinajstić information content (AvgIpc) is 2.95. The number of carbonyl (C=O) groups excluding carboxylic acids is 1. The average molecular weight is 342 g/mol. The Balaban J connectivity index is 2.05. The monoisotopic (exact) mass is 342 g/mol. The summed E-state index contributed by atoms with van der Waals surface area (Å²) in [6.07, 6.45) is 2.29. The van der Waals surface area contributed by atoms with E-state index in [1.165, 1.54) is 12.1 Å². The van der Waals surface area contributed by atoms with Gasteiger partial charge in [0.25, 0.3) is 0 Å². The van der Waals surface area contributed by atoms with Crippen molar-refractivity contribution < 1.29 is 23.4 Å². The summed E-state index contributed by atoms with van der Waals surface area (Å²) >= 11 is 0. The number of ether oxygens (including phenoxy) is 1. The van der Waals surface area contributed by atoms with Gasteiger partial charge in [-0.25, -0.2) is 4.79 Å². The SMILES string of the molecule is CC[C@H](NC(=O)N1CCC[C@]1(C)CO)c1ccc(OC(F)F)cc1. The lowest BCUT2D eigenvalue weighted by molar-refractivity contribution is -0.0498. The van der Waals surface area contributed by atoms with Crippen LogP contribution in [-0.4, -0.2) is 41.3 Å². The first-order chi connectivity index (χ1) is 11.4. The van der Waals surface area contributed by atoms with Crippen molar-refractivity contribution in [3.63, 3.8) is 0 Å². The van der Waals surface area contributed by atoms with E-state index in [2.05, 4.69) is 10.1 Å². The van der Waals surface area contributed by atoms with Crippen molar-refractivity contribution in [3.05, 3.63) is 29.8 Å². The van der Waals surface area contributed by atoms with Gasteiger partial charge in [0, 0.05) is 6.54 Å². The van der Waals surface area contributed by atoms with Gasteiger partial charge in [0.2, 0.25) is 0 Å². The van der Waals surface area contributed by atoms with Crippen LogP contribution in [0.1, 0.15) is 44.7 Å².